The molecule has 0 saturated carbocycles. The van der Waals surface area contributed by atoms with Crippen molar-refractivity contribution in [1.29, 1.82) is 0 Å². The molecule has 0 N–H and O–H groups in total. The number of nitrogens with zero attached hydrogens (tertiary/aromatic N) is 2. The molecule has 0 atom stereocenters. The fourth-order valence-electron chi connectivity index (χ4n) is 7.57. The van der Waals surface area contributed by atoms with E-state index in [0.29, 0.717) is 0 Å². The summed E-state index contributed by atoms with van der Waals surface area (Å²) in [5.41, 5.74) is 11.0. The third kappa shape index (κ3) is 4.37. The van der Waals surface area contributed by atoms with Crippen molar-refractivity contribution < 1.29 is 4.42 Å². The molecular formula is C46H30N2O. The van der Waals surface area contributed by atoms with E-state index in [1.807, 2.05) is 12.1 Å². The van der Waals surface area contributed by atoms with Crippen LogP contribution in [0.5, 0.6) is 0 Å². The molecule has 2 heterocycles. The number of fused-ring (bicyclic) bond motifs is 7. The van der Waals surface area contributed by atoms with Crippen LogP contribution in [-0.4, -0.2) is 4.57 Å². The van der Waals surface area contributed by atoms with Crippen molar-refractivity contribution in [3.63, 3.8) is 0 Å². The van der Waals surface area contributed by atoms with E-state index >= 15 is 0 Å². The van der Waals surface area contributed by atoms with Crippen LogP contribution in [-0.2, 0) is 0 Å². The Bertz CT molecular complexity index is 2780. The fourth-order valence-corrected chi connectivity index (χ4v) is 7.57. The average Bonchev–Trinajstić information content (AvgIpc) is 3.71. The SMILES string of the molecule is c1ccc(N(c2ccc(-n3c4ccccc4c4ccccc43)cc2)c2cccc3ccccc23)c(-c2ccc3oc4ccccc4c3c2)c1. The van der Waals surface area contributed by atoms with E-state index in [9.17, 15) is 0 Å². The first-order chi connectivity index (χ1) is 24.3. The second kappa shape index (κ2) is 11.0. The summed E-state index contributed by atoms with van der Waals surface area (Å²) in [4.78, 5) is 2.41. The quantitative estimate of drug-likeness (QED) is 0.190. The van der Waals surface area contributed by atoms with Gasteiger partial charge in [0.05, 0.1) is 22.4 Å². The summed E-state index contributed by atoms with van der Waals surface area (Å²) in [6.45, 7) is 0. The number of hydrogen-bond donors (Lipinski definition) is 0. The molecule has 8 aromatic carbocycles. The van der Waals surface area contributed by atoms with Crippen molar-refractivity contribution in [3.05, 3.63) is 182 Å². The Hall–Kier alpha value is -6.58. The van der Waals surface area contributed by atoms with E-state index in [4.69, 9.17) is 4.42 Å². The normalized spacial score (nSPS) is 11.7. The van der Waals surface area contributed by atoms with Crippen LogP contribution < -0.4 is 4.90 Å². The summed E-state index contributed by atoms with van der Waals surface area (Å²) in [6.07, 6.45) is 0. The van der Waals surface area contributed by atoms with Gasteiger partial charge in [0.25, 0.3) is 0 Å². The molecule has 0 spiro atoms. The van der Waals surface area contributed by atoms with Gasteiger partial charge in [0.15, 0.2) is 0 Å². The highest BCUT2D eigenvalue weighted by molar-refractivity contribution is 6.10. The second-order valence-corrected chi connectivity index (χ2v) is 12.5. The van der Waals surface area contributed by atoms with Gasteiger partial charge in [0.1, 0.15) is 11.2 Å². The van der Waals surface area contributed by atoms with E-state index in [2.05, 4.69) is 179 Å². The van der Waals surface area contributed by atoms with Crippen LogP contribution >= 0.6 is 0 Å². The van der Waals surface area contributed by atoms with E-state index < -0.39 is 0 Å². The van der Waals surface area contributed by atoms with Crippen LogP contribution in [0.25, 0.3) is 71.3 Å². The van der Waals surface area contributed by atoms with Crippen molar-refractivity contribution in [2.24, 2.45) is 0 Å². The molecule has 3 nitrogen and oxygen atoms in total. The maximum Gasteiger partial charge on any atom is 0.135 e. The topological polar surface area (TPSA) is 21.3 Å². The number of anilines is 3. The zero-order valence-corrected chi connectivity index (χ0v) is 26.6. The third-order valence-corrected chi connectivity index (χ3v) is 9.79. The number of aromatic nitrogens is 1. The Morgan fingerprint density at radius 1 is 0.408 bits per heavy atom. The van der Waals surface area contributed by atoms with Crippen molar-refractivity contribution in [2.75, 3.05) is 4.90 Å². The lowest BCUT2D eigenvalue weighted by atomic mass is 9.99. The average molecular weight is 627 g/mol. The number of rotatable bonds is 5. The van der Waals surface area contributed by atoms with Gasteiger partial charge in [0, 0.05) is 43.9 Å². The van der Waals surface area contributed by atoms with Crippen molar-refractivity contribution in [2.45, 2.75) is 0 Å². The molecule has 0 fully saturated rings. The summed E-state index contributed by atoms with van der Waals surface area (Å²) in [6, 6.07) is 65.1. The molecule has 0 saturated heterocycles. The Morgan fingerprint density at radius 3 is 1.80 bits per heavy atom. The van der Waals surface area contributed by atoms with Crippen LogP contribution in [0.4, 0.5) is 17.1 Å². The van der Waals surface area contributed by atoms with Crippen molar-refractivity contribution in [1.82, 2.24) is 4.57 Å². The van der Waals surface area contributed by atoms with Gasteiger partial charge in [-0.05, 0) is 77.7 Å². The molecule has 3 heteroatoms. The lowest BCUT2D eigenvalue weighted by Gasteiger charge is -2.29. The smallest absolute Gasteiger partial charge is 0.135 e. The Balaban J connectivity index is 1.18. The van der Waals surface area contributed by atoms with Crippen LogP contribution in [0.2, 0.25) is 0 Å². The highest BCUT2D eigenvalue weighted by atomic mass is 16.3. The molecule has 0 aliphatic rings. The lowest BCUT2D eigenvalue weighted by Crippen LogP contribution is -2.12. The monoisotopic (exact) mass is 626 g/mol. The van der Waals surface area contributed by atoms with Gasteiger partial charge in [-0.15, -0.1) is 0 Å². The lowest BCUT2D eigenvalue weighted by molar-refractivity contribution is 0.669. The largest absolute Gasteiger partial charge is 0.456 e. The molecule has 0 amide bonds. The molecular weight excluding hydrogens is 597 g/mol. The second-order valence-electron chi connectivity index (χ2n) is 12.5. The van der Waals surface area contributed by atoms with Crippen LogP contribution in [0.15, 0.2) is 186 Å². The molecule has 0 aliphatic heterocycles. The van der Waals surface area contributed by atoms with Crippen molar-refractivity contribution >= 4 is 71.6 Å². The Kier molecular flexibility index (Phi) is 6.18. The summed E-state index contributed by atoms with van der Waals surface area (Å²) in [5, 5.41) is 7.17. The highest BCUT2D eigenvalue weighted by Gasteiger charge is 2.20. The molecule has 0 unspecified atom stereocenters. The van der Waals surface area contributed by atoms with E-state index in [1.165, 1.54) is 32.6 Å². The number of hydrogen-bond acceptors (Lipinski definition) is 2. The minimum Gasteiger partial charge on any atom is -0.456 e. The maximum atomic E-state index is 6.19. The Labute approximate surface area is 283 Å². The van der Waals surface area contributed by atoms with Gasteiger partial charge in [-0.3, -0.25) is 0 Å². The summed E-state index contributed by atoms with van der Waals surface area (Å²) in [7, 11) is 0. The molecule has 0 radical (unpaired) electrons. The zero-order chi connectivity index (χ0) is 32.3. The maximum absolute atomic E-state index is 6.19. The van der Waals surface area contributed by atoms with Crippen LogP contribution in [0, 0.1) is 0 Å². The fraction of sp³-hybridized carbons (Fsp3) is 0. The summed E-state index contributed by atoms with van der Waals surface area (Å²) in [5.74, 6) is 0. The minimum absolute atomic E-state index is 0.897. The van der Waals surface area contributed by atoms with Gasteiger partial charge >= 0.3 is 0 Å². The van der Waals surface area contributed by atoms with Crippen molar-refractivity contribution in [3.8, 4) is 16.8 Å². The predicted molar refractivity (Wildman–Crippen MR) is 206 cm³/mol. The number of para-hydroxylation sites is 4. The Morgan fingerprint density at radius 2 is 1.00 bits per heavy atom. The molecule has 0 bridgehead atoms. The molecule has 2 aromatic heterocycles. The van der Waals surface area contributed by atoms with Gasteiger partial charge in [-0.25, -0.2) is 0 Å². The predicted octanol–water partition coefficient (Wildman–Crippen LogP) is 13.0. The molecule has 230 valence electrons. The van der Waals surface area contributed by atoms with Gasteiger partial charge in [0.2, 0.25) is 0 Å². The highest BCUT2D eigenvalue weighted by Crippen LogP contribution is 2.44. The van der Waals surface area contributed by atoms with Gasteiger partial charge in [-0.2, -0.15) is 0 Å². The first-order valence-electron chi connectivity index (χ1n) is 16.7. The molecule has 0 aliphatic carbocycles. The minimum atomic E-state index is 0.897. The standard InChI is InChI=1S/C46H30N2O/c1-2-14-35-31(12-1)13-11-22-42(35)47(33-25-27-34(28-26-33)48-43-20-8-4-16-37(43)38-17-5-9-21-44(38)48)41-19-7-3-15-36(41)32-24-29-46-40(30-32)39-18-6-10-23-45(39)49-46/h1-30H. The van der Waals surface area contributed by atoms with Crippen LogP contribution in [0.1, 0.15) is 0 Å². The van der Waals surface area contributed by atoms with Gasteiger partial charge < -0.3 is 13.9 Å². The first kappa shape index (κ1) is 27.5. The molecule has 10 aromatic rings. The molecule has 10 rings (SSSR count). The molecule has 49 heavy (non-hydrogen) atoms. The number of benzene rings is 8. The summed E-state index contributed by atoms with van der Waals surface area (Å²) < 4.78 is 8.56. The van der Waals surface area contributed by atoms with E-state index in [0.717, 1.165) is 55.8 Å². The van der Waals surface area contributed by atoms with E-state index in [1.54, 1.807) is 0 Å². The number of furan rings is 1. The van der Waals surface area contributed by atoms with E-state index in [-0.39, 0.29) is 0 Å². The van der Waals surface area contributed by atoms with Gasteiger partial charge in [-0.1, -0.05) is 115 Å². The third-order valence-electron chi connectivity index (χ3n) is 9.79. The zero-order valence-electron chi connectivity index (χ0n) is 26.6. The first-order valence-corrected chi connectivity index (χ1v) is 16.7. The van der Waals surface area contributed by atoms with Crippen LogP contribution in [0.3, 0.4) is 0 Å². The summed E-state index contributed by atoms with van der Waals surface area (Å²) >= 11 is 0.